The summed E-state index contributed by atoms with van der Waals surface area (Å²) in [6.45, 7) is -0.288. The molecular weight excluding hydrogens is 292 g/mol. The highest BCUT2D eigenvalue weighted by molar-refractivity contribution is 5.75. The number of aromatic nitrogens is 3. The SMILES string of the molecule is O=c1c2cccnc2cnn1CC(O)c1cc(F)ccc1F. The van der Waals surface area contributed by atoms with E-state index in [1.165, 1.54) is 12.4 Å². The zero-order valence-electron chi connectivity index (χ0n) is 11.3. The van der Waals surface area contributed by atoms with Crippen molar-refractivity contribution in [1.29, 1.82) is 0 Å². The molecule has 0 radical (unpaired) electrons. The van der Waals surface area contributed by atoms with Crippen molar-refractivity contribution in [3.8, 4) is 0 Å². The van der Waals surface area contributed by atoms with Crippen LogP contribution in [-0.2, 0) is 6.54 Å². The summed E-state index contributed by atoms with van der Waals surface area (Å²) in [7, 11) is 0. The molecule has 22 heavy (non-hydrogen) atoms. The Morgan fingerprint density at radius 1 is 1.27 bits per heavy atom. The second-order valence-corrected chi connectivity index (χ2v) is 4.75. The van der Waals surface area contributed by atoms with Crippen LogP contribution >= 0.6 is 0 Å². The van der Waals surface area contributed by atoms with Crippen molar-refractivity contribution in [3.05, 3.63) is 70.3 Å². The third-order valence-corrected chi connectivity index (χ3v) is 3.29. The van der Waals surface area contributed by atoms with Crippen molar-refractivity contribution in [2.24, 2.45) is 0 Å². The van der Waals surface area contributed by atoms with Gasteiger partial charge in [0.1, 0.15) is 17.7 Å². The number of halogens is 2. The third-order valence-electron chi connectivity index (χ3n) is 3.29. The largest absolute Gasteiger partial charge is 0.386 e. The molecule has 1 atom stereocenters. The first-order valence-electron chi connectivity index (χ1n) is 6.50. The van der Waals surface area contributed by atoms with Gasteiger partial charge >= 0.3 is 0 Å². The Bertz CT molecular complexity index is 895. The fourth-order valence-electron chi connectivity index (χ4n) is 2.18. The number of rotatable bonds is 3. The maximum Gasteiger partial charge on any atom is 0.276 e. The third kappa shape index (κ3) is 2.58. The summed E-state index contributed by atoms with van der Waals surface area (Å²) >= 11 is 0. The highest BCUT2D eigenvalue weighted by atomic mass is 19.1. The van der Waals surface area contributed by atoms with E-state index >= 15 is 0 Å². The van der Waals surface area contributed by atoms with E-state index in [0.717, 1.165) is 22.9 Å². The highest BCUT2D eigenvalue weighted by Gasteiger charge is 2.16. The number of hydrogen-bond donors (Lipinski definition) is 1. The van der Waals surface area contributed by atoms with Crippen LogP contribution in [-0.4, -0.2) is 19.9 Å². The summed E-state index contributed by atoms with van der Waals surface area (Å²) in [5.74, 6) is -1.41. The molecule has 112 valence electrons. The van der Waals surface area contributed by atoms with Crippen LogP contribution in [0.4, 0.5) is 8.78 Å². The van der Waals surface area contributed by atoms with Gasteiger partial charge in [-0.1, -0.05) is 0 Å². The number of hydrogen-bond acceptors (Lipinski definition) is 4. The van der Waals surface area contributed by atoms with Crippen molar-refractivity contribution >= 4 is 10.9 Å². The van der Waals surface area contributed by atoms with Gasteiger partial charge in [0.05, 0.1) is 23.6 Å². The topological polar surface area (TPSA) is 68.0 Å². The van der Waals surface area contributed by atoms with E-state index in [2.05, 4.69) is 10.1 Å². The molecule has 3 rings (SSSR count). The van der Waals surface area contributed by atoms with Crippen LogP contribution in [0.2, 0.25) is 0 Å². The lowest BCUT2D eigenvalue weighted by atomic mass is 10.1. The van der Waals surface area contributed by atoms with Gasteiger partial charge in [0.2, 0.25) is 0 Å². The first kappa shape index (κ1) is 14.3. The van der Waals surface area contributed by atoms with Gasteiger partial charge in [-0.05, 0) is 30.3 Å². The van der Waals surface area contributed by atoms with Gasteiger partial charge in [-0.25, -0.2) is 13.5 Å². The van der Waals surface area contributed by atoms with E-state index in [-0.39, 0.29) is 12.1 Å². The lowest BCUT2D eigenvalue weighted by molar-refractivity contribution is 0.145. The molecule has 7 heteroatoms. The van der Waals surface area contributed by atoms with Gasteiger partial charge < -0.3 is 5.11 Å². The van der Waals surface area contributed by atoms with Gasteiger partial charge in [-0.3, -0.25) is 9.78 Å². The van der Waals surface area contributed by atoms with Crippen molar-refractivity contribution in [1.82, 2.24) is 14.8 Å². The molecule has 0 spiro atoms. The molecule has 0 saturated carbocycles. The number of fused-ring (bicyclic) bond motifs is 1. The number of benzene rings is 1. The molecule has 0 amide bonds. The Morgan fingerprint density at radius 3 is 2.91 bits per heavy atom. The average Bonchev–Trinajstić information content (AvgIpc) is 2.52. The molecule has 0 fully saturated rings. The summed E-state index contributed by atoms with van der Waals surface area (Å²) in [4.78, 5) is 16.2. The van der Waals surface area contributed by atoms with E-state index in [4.69, 9.17) is 0 Å². The number of nitrogens with zero attached hydrogens (tertiary/aromatic N) is 3. The van der Waals surface area contributed by atoms with Gasteiger partial charge in [0, 0.05) is 11.8 Å². The molecule has 0 aliphatic carbocycles. The fourth-order valence-corrected chi connectivity index (χ4v) is 2.18. The van der Waals surface area contributed by atoms with Crippen LogP contribution in [0.3, 0.4) is 0 Å². The summed E-state index contributed by atoms with van der Waals surface area (Å²) in [5.41, 5.74) is -0.253. The van der Waals surface area contributed by atoms with E-state index in [0.29, 0.717) is 10.9 Å². The maximum absolute atomic E-state index is 13.6. The lowest BCUT2D eigenvalue weighted by Crippen LogP contribution is -2.26. The Hall–Kier alpha value is -2.67. The van der Waals surface area contributed by atoms with Crippen molar-refractivity contribution in [2.75, 3.05) is 0 Å². The molecule has 0 aliphatic rings. The monoisotopic (exact) mass is 303 g/mol. The maximum atomic E-state index is 13.6. The second-order valence-electron chi connectivity index (χ2n) is 4.75. The van der Waals surface area contributed by atoms with E-state index < -0.39 is 23.3 Å². The lowest BCUT2D eigenvalue weighted by Gasteiger charge is -2.13. The Balaban J connectivity index is 1.97. The van der Waals surface area contributed by atoms with Gasteiger partial charge in [-0.15, -0.1) is 0 Å². The number of pyridine rings is 1. The molecule has 0 saturated heterocycles. The minimum atomic E-state index is -1.39. The minimum absolute atomic E-state index is 0.222. The molecule has 2 heterocycles. The smallest absolute Gasteiger partial charge is 0.276 e. The highest BCUT2D eigenvalue weighted by Crippen LogP contribution is 2.19. The van der Waals surface area contributed by atoms with Gasteiger partial charge in [0.15, 0.2) is 0 Å². The summed E-state index contributed by atoms with van der Waals surface area (Å²) in [6, 6.07) is 5.97. The first-order chi connectivity index (χ1) is 10.6. The second kappa shape index (κ2) is 5.61. The van der Waals surface area contributed by atoms with Gasteiger partial charge in [0.25, 0.3) is 5.56 Å². The van der Waals surface area contributed by atoms with E-state index in [9.17, 15) is 18.7 Å². The molecule has 1 unspecified atom stereocenters. The molecule has 5 nitrogen and oxygen atoms in total. The molecule has 2 aromatic heterocycles. The number of aliphatic hydroxyl groups is 1. The Kier molecular flexibility index (Phi) is 3.64. The zero-order valence-corrected chi connectivity index (χ0v) is 11.3. The summed E-state index contributed by atoms with van der Waals surface area (Å²) in [5, 5.41) is 14.3. The normalized spacial score (nSPS) is 12.5. The predicted molar refractivity (Wildman–Crippen MR) is 75.1 cm³/mol. The van der Waals surface area contributed by atoms with Gasteiger partial charge in [-0.2, -0.15) is 5.10 Å². The van der Waals surface area contributed by atoms with Crippen molar-refractivity contribution in [3.63, 3.8) is 0 Å². The quantitative estimate of drug-likeness (QED) is 0.801. The molecule has 1 aromatic carbocycles. The van der Waals surface area contributed by atoms with E-state index in [1.807, 2.05) is 0 Å². The Labute approximate surface area is 123 Å². The van der Waals surface area contributed by atoms with Crippen LogP contribution in [0.25, 0.3) is 10.9 Å². The van der Waals surface area contributed by atoms with Crippen molar-refractivity contribution in [2.45, 2.75) is 12.6 Å². The fraction of sp³-hybridized carbons (Fsp3) is 0.133. The van der Waals surface area contributed by atoms with Crippen LogP contribution in [0.5, 0.6) is 0 Å². The van der Waals surface area contributed by atoms with Crippen LogP contribution < -0.4 is 5.56 Å². The molecule has 0 bridgehead atoms. The molecular formula is C15H11F2N3O2. The molecule has 1 N–H and O–H groups in total. The van der Waals surface area contributed by atoms with Crippen LogP contribution in [0, 0.1) is 11.6 Å². The molecule has 3 aromatic rings. The first-order valence-corrected chi connectivity index (χ1v) is 6.50. The minimum Gasteiger partial charge on any atom is -0.386 e. The standard InChI is InChI=1S/C15H11F2N3O2/c16-9-3-4-12(17)11(6-9)14(21)8-20-15(22)10-2-1-5-18-13(10)7-19-20/h1-7,14,21H,8H2. The van der Waals surface area contributed by atoms with Crippen LogP contribution in [0.1, 0.15) is 11.7 Å². The summed E-state index contributed by atoms with van der Waals surface area (Å²) in [6.07, 6.45) is 1.52. The van der Waals surface area contributed by atoms with Crippen LogP contribution in [0.15, 0.2) is 47.5 Å². The van der Waals surface area contributed by atoms with Crippen molar-refractivity contribution < 1.29 is 13.9 Å². The van der Waals surface area contributed by atoms with E-state index in [1.54, 1.807) is 12.1 Å². The number of aliphatic hydroxyl groups excluding tert-OH is 1. The Morgan fingerprint density at radius 2 is 2.09 bits per heavy atom. The predicted octanol–water partition coefficient (Wildman–Crippen LogP) is 1.80. The zero-order chi connectivity index (χ0) is 15.7. The summed E-state index contributed by atoms with van der Waals surface area (Å²) < 4.78 is 27.8. The average molecular weight is 303 g/mol. The molecule has 0 aliphatic heterocycles.